The van der Waals surface area contributed by atoms with Gasteiger partial charge in [-0.1, -0.05) is 6.07 Å². The highest BCUT2D eigenvalue weighted by molar-refractivity contribution is 6.05. The maximum Gasteiger partial charge on any atom is 0.256 e. The summed E-state index contributed by atoms with van der Waals surface area (Å²) in [6.45, 7) is 5.89. The number of amides is 1. The minimum absolute atomic E-state index is 0.173. The van der Waals surface area contributed by atoms with Crippen LogP contribution in [0.5, 0.6) is 0 Å². The third-order valence-electron chi connectivity index (χ3n) is 3.01. The minimum Gasteiger partial charge on any atom is -0.398 e. The number of nitrogens with zero attached hydrogens (tertiary/aromatic N) is 2. The maximum atomic E-state index is 12.2. The van der Waals surface area contributed by atoms with E-state index in [1.807, 2.05) is 27.0 Å². The molecule has 1 aromatic heterocycles. The van der Waals surface area contributed by atoms with Crippen LogP contribution in [0.15, 0.2) is 30.6 Å². The van der Waals surface area contributed by atoms with Gasteiger partial charge in [-0.2, -0.15) is 5.10 Å². The third-order valence-corrected chi connectivity index (χ3v) is 3.01. The van der Waals surface area contributed by atoms with Gasteiger partial charge in [-0.3, -0.25) is 9.48 Å². The zero-order chi connectivity index (χ0) is 14.0. The summed E-state index contributed by atoms with van der Waals surface area (Å²) in [7, 11) is 0. The van der Waals surface area contributed by atoms with E-state index in [1.54, 1.807) is 29.1 Å². The Morgan fingerprint density at radius 1 is 1.42 bits per heavy atom. The van der Waals surface area contributed by atoms with Crippen LogP contribution in [0.4, 0.5) is 11.4 Å². The molecule has 100 valence electrons. The number of hydrogen-bond acceptors (Lipinski definition) is 3. The van der Waals surface area contributed by atoms with Crippen molar-refractivity contribution >= 4 is 17.3 Å². The summed E-state index contributed by atoms with van der Waals surface area (Å²) in [5.74, 6) is -0.173. The molecule has 0 bridgehead atoms. The van der Waals surface area contributed by atoms with Crippen molar-refractivity contribution in [3.63, 3.8) is 0 Å². The van der Waals surface area contributed by atoms with Gasteiger partial charge in [0.05, 0.1) is 11.9 Å². The lowest BCUT2D eigenvalue weighted by molar-refractivity contribution is 0.102. The lowest BCUT2D eigenvalue weighted by Gasteiger charge is -2.08. The predicted molar refractivity (Wildman–Crippen MR) is 76.2 cm³/mol. The van der Waals surface area contributed by atoms with Crippen molar-refractivity contribution in [1.82, 2.24) is 9.78 Å². The molecule has 2 rings (SSSR count). The molecule has 1 heterocycles. The van der Waals surface area contributed by atoms with Crippen molar-refractivity contribution in [2.45, 2.75) is 26.8 Å². The van der Waals surface area contributed by atoms with Gasteiger partial charge in [-0.15, -0.1) is 0 Å². The second kappa shape index (κ2) is 5.14. The molecule has 0 aliphatic rings. The second-order valence-corrected chi connectivity index (χ2v) is 4.78. The first-order valence-electron chi connectivity index (χ1n) is 6.19. The second-order valence-electron chi connectivity index (χ2n) is 4.78. The fourth-order valence-corrected chi connectivity index (χ4v) is 1.78. The van der Waals surface area contributed by atoms with Gasteiger partial charge in [-0.05, 0) is 38.5 Å². The number of nitrogen functional groups attached to an aromatic ring is 1. The van der Waals surface area contributed by atoms with Gasteiger partial charge in [0.2, 0.25) is 0 Å². The largest absolute Gasteiger partial charge is 0.398 e. The summed E-state index contributed by atoms with van der Waals surface area (Å²) in [4.78, 5) is 12.2. The Bertz CT molecular complexity index is 601. The Morgan fingerprint density at radius 3 is 2.79 bits per heavy atom. The SMILES string of the molecule is Cc1c(N)cccc1C(=O)Nc1cnn(C(C)C)c1. The topological polar surface area (TPSA) is 72.9 Å². The molecule has 0 saturated carbocycles. The normalized spacial score (nSPS) is 10.7. The number of hydrogen-bond donors (Lipinski definition) is 2. The van der Waals surface area contributed by atoms with Crippen LogP contribution in [0.25, 0.3) is 0 Å². The van der Waals surface area contributed by atoms with Gasteiger partial charge < -0.3 is 11.1 Å². The van der Waals surface area contributed by atoms with Crippen LogP contribution >= 0.6 is 0 Å². The molecule has 1 amide bonds. The number of anilines is 2. The van der Waals surface area contributed by atoms with Gasteiger partial charge in [-0.25, -0.2) is 0 Å². The minimum atomic E-state index is -0.173. The van der Waals surface area contributed by atoms with Gasteiger partial charge in [0.1, 0.15) is 0 Å². The van der Waals surface area contributed by atoms with Crippen LogP contribution < -0.4 is 11.1 Å². The van der Waals surface area contributed by atoms with Crippen LogP contribution in [0.2, 0.25) is 0 Å². The molecule has 0 unspecified atom stereocenters. The van der Waals surface area contributed by atoms with Crippen LogP contribution in [0, 0.1) is 6.92 Å². The van der Waals surface area contributed by atoms with Crippen LogP contribution in [0.3, 0.4) is 0 Å². The molecule has 0 aliphatic heterocycles. The van der Waals surface area contributed by atoms with E-state index >= 15 is 0 Å². The zero-order valence-electron chi connectivity index (χ0n) is 11.3. The number of nitrogens with two attached hydrogens (primary N) is 1. The first-order chi connectivity index (χ1) is 8.99. The van der Waals surface area contributed by atoms with Crippen molar-refractivity contribution in [3.8, 4) is 0 Å². The van der Waals surface area contributed by atoms with Crippen molar-refractivity contribution in [3.05, 3.63) is 41.7 Å². The van der Waals surface area contributed by atoms with Crippen LogP contribution in [-0.2, 0) is 0 Å². The summed E-state index contributed by atoms with van der Waals surface area (Å²) in [6.07, 6.45) is 3.45. The first-order valence-corrected chi connectivity index (χ1v) is 6.19. The monoisotopic (exact) mass is 258 g/mol. The van der Waals surface area contributed by atoms with E-state index in [4.69, 9.17) is 5.73 Å². The molecular weight excluding hydrogens is 240 g/mol. The van der Waals surface area contributed by atoms with E-state index in [2.05, 4.69) is 10.4 Å². The van der Waals surface area contributed by atoms with E-state index in [-0.39, 0.29) is 11.9 Å². The average molecular weight is 258 g/mol. The van der Waals surface area contributed by atoms with Crippen molar-refractivity contribution < 1.29 is 4.79 Å². The quantitative estimate of drug-likeness (QED) is 0.831. The number of benzene rings is 1. The molecule has 5 nitrogen and oxygen atoms in total. The van der Waals surface area contributed by atoms with E-state index in [9.17, 15) is 4.79 Å². The summed E-state index contributed by atoms with van der Waals surface area (Å²) >= 11 is 0. The molecule has 0 radical (unpaired) electrons. The van der Waals surface area contributed by atoms with E-state index in [0.717, 1.165) is 5.56 Å². The first kappa shape index (κ1) is 13.1. The molecule has 0 aliphatic carbocycles. The average Bonchev–Trinajstić information content (AvgIpc) is 2.81. The van der Waals surface area contributed by atoms with Gasteiger partial charge in [0.15, 0.2) is 0 Å². The number of aromatic nitrogens is 2. The Balaban J connectivity index is 2.18. The summed E-state index contributed by atoms with van der Waals surface area (Å²) < 4.78 is 1.79. The highest BCUT2D eigenvalue weighted by atomic mass is 16.1. The smallest absolute Gasteiger partial charge is 0.256 e. The lowest BCUT2D eigenvalue weighted by atomic mass is 10.1. The molecule has 5 heteroatoms. The van der Waals surface area contributed by atoms with Crippen LogP contribution in [-0.4, -0.2) is 15.7 Å². The van der Waals surface area contributed by atoms with E-state index in [0.29, 0.717) is 16.9 Å². The molecular formula is C14H18N4O. The highest BCUT2D eigenvalue weighted by Gasteiger charge is 2.12. The number of rotatable bonds is 3. The maximum absolute atomic E-state index is 12.2. The van der Waals surface area contributed by atoms with Crippen molar-refractivity contribution in [2.75, 3.05) is 11.1 Å². The summed E-state index contributed by atoms with van der Waals surface area (Å²) in [5, 5.41) is 7.00. The fraction of sp³-hybridized carbons (Fsp3) is 0.286. The summed E-state index contributed by atoms with van der Waals surface area (Å²) in [6, 6.07) is 5.57. The molecule has 0 atom stereocenters. The highest BCUT2D eigenvalue weighted by Crippen LogP contribution is 2.17. The molecule has 0 spiro atoms. The van der Waals surface area contributed by atoms with E-state index in [1.165, 1.54) is 0 Å². The van der Waals surface area contributed by atoms with Gasteiger partial charge in [0.25, 0.3) is 5.91 Å². The molecule has 0 fully saturated rings. The number of nitrogens with one attached hydrogen (secondary N) is 1. The van der Waals surface area contributed by atoms with E-state index < -0.39 is 0 Å². The Labute approximate surface area is 112 Å². The number of carbonyl (C=O) groups excluding carboxylic acids is 1. The molecule has 3 N–H and O–H groups in total. The predicted octanol–water partition coefficient (Wildman–Crippen LogP) is 2.61. The molecule has 0 saturated heterocycles. The summed E-state index contributed by atoms with van der Waals surface area (Å²) in [5.41, 5.74) is 8.47. The number of carbonyl (C=O) groups is 1. The van der Waals surface area contributed by atoms with Crippen LogP contribution in [0.1, 0.15) is 35.8 Å². The van der Waals surface area contributed by atoms with Crippen molar-refractivity contribution in [2.24, 2.45) is 0 Å². The van der Waals surface area contributed by atoms with Gasteiger partial charge in [0, 0.05) is 23.5 Å². The zero-order valence-corrected chi connectivity index (χ0v) is 11.3. The van der Waals surface area contributed by atoms with Gasteiger partial charge >= 0.3 is 0 Å². The Hall–Kier alpha value is -2.30. The fourth-order valence-electron chi connectivity index (χ4n) is 1.78. The Kier molecular flexibility index (Phi) is 3.55. The third kappa shape index (κ3) is 2.76. The standard InChI is InChI=1S/C14H18N4O/c1-9(2)18-8-11(7-16-18)17-14(19)12-5-4-6-13(15)10(12)3/h4-9H,15H2,1-3H3,(H,17,19). The lowest BCUT2D eigenvalue weighted by Crippen LogP contribution is -2.13. The van der Waals surface area contributed by atoms with Crippen molar-refractivity contribution in [1.29, 1.82) is 0 Å². The molecule has 19 heavy (non-hydrogen) atoms. The molecule has 1 aromatic carbocycles. The molecule has 2 aromatic rings. The Morgan fingerprint density at radius 2 is 2.16 bits per heavy atom.